The van der Waals surface area contributed by atoms with Crippen LogP contribution in [0.3, 0.4) is 0 Å². The zero-order valence-electron chi connectivity index (χ0n) is 11.0. The first-order chi connectivity index (χ1) is 8.54. The maximum absolute atomic E-state index is 12.1. The van der Waals surface area contributed by atoms with Crippen molar-refractivity contribution in [2.75, 3.05) is 32.5 Å². The number of nitrogens with zero attached hydrogens (tertiary/aromatic N) is 1. The predicted molar refractivity (Wildman–Crippen MR) is 71.6 cm³/mol. The Morgan fingerprint density at radius 2 is 2.06 bits per heavy atom. The molecule has 0 aliphatic rings. The number of rotatable bonds is 5. The maximum atomic E-state index is 12.1. The van der Waals surface area contributed by atoms with Gasteiger partial charge in [-0.3, -0.25) is 9.59 Å². The molecule has 1 aromatic rings. The van der Waals surface area contributed by atoms with Gasteiger partial charge in [-0.15, -0.1) is 0 Å². The third-order valence-electron chi connectivity index (χ3n) is 2.47. The van der Waals surface area contributed by atoms with E-state index in [1.54, 1.807) is 36.2 Å². The van der Waals surface area contributed by atoms with E-state index in [1.165, 1.54) is 6.92 Å². The Morgan fingerprint density at radius 1 is 1.33 bits per heavy atom. The summed E-state index contributed by atoms with van der Waals surface area (Å²) in [6.07, 6.45) is 0. The number of nitrogens with one attached hydrogen (secondary N) is 2. The Bertz CT molecular complexity index is 432. The summed E-state index contributed by atoms with van der Waals surface area (Å²) in [6, 6.07) is 6.93. The second kappa shape index (κ2) is 6.76. The zero-order valence-corrected chi connectivity index (χ0v) is 11.0. The van der Waals surface area contributed by atoms with E-state index in [9.17, 15) is 9.59 Å². The number of carbonyl (C=O) groups excluding carboxylic acids is 2. The highest BCUT2D eigenvalue weighted by atomic mass is 16.2. The van der Waals surface area contributed by atoms with E-state index >= 15 is 0 Å². The lowest BCUT2D eigenvalue weighted by Gasteiger charge is -2.17. The van der Waals surface area contributed by atoms with E-state index in [2.05, 4.69) is 10.6 Å². The Hall–Kier alpha value is -1.88. The monoisotopic (exact) mass is 249 g/mol. The molecule has 0 aromatic heterocycles. The SMILES string of the molecule is CNCCN(C)C(=O)c1cccc(NC(C)=O)c1. The van der Waals surface area contributed by atoms with E-state index < -0.39 is 0 Å². The summed E-state index contributed by atoms with van der Waals surface area (Å²) in [5.41, 5.74) is 1.20. The second-order valence-electron chi connectivity index (χ2n) is 4.09. The third kappa shape index (κ3) is 4.18. The van der Waals surface area contributed by atoms with Crippen LogP contribution in [0.15, 0.2) is 24.3 Å². The zero-order chi connectivity index (χ0) is 13.5. The quantitative estimate of drug-likeness (QED) is 0.816. The number of hydrogen-bond donors (Lipinski definition) is 2. The summed E-state index contributed by atoms with van der Waals surface area (Å²) < 4.78 is 0. The summed E-state index contributed by atoms with van der Waals surface area (Å²) in [4.78, 5) is 24.7. The van der Waals surface area contributed by atoms with Crippen molar-refractivity contribution in [3.63, 3.8) is 0 Å². The molecule has 0 radical (unpaired) electrons. The maximum Gasteiger partial charge on any atom is 0.253 e. The van der Waals surface area contributed by atoms with E-state index in [4.69, 9.17) is 0 Å². The minimum absolute atomic E-state index is 0.0579. The fourth-order valence-corrected chi connectivity index (χ4v) is 1.53. The molecule has 0 unspecified atom stereocenters. The molecule has 0 bridgehead atoms. The number of anilines is 1. The lowest BCUT2D eigenvalue weighted by molar-refractivity contribution is -0.114. The van der Waals surface area contributed by atoms with Crippen LogP contribution in [0, 0.1) is 0 Å². The van der Waals surface area contributed by atoms with Crippen LogP contribution in [0.2, 0.25) is 0 Å². The van der Waals surface area contributed by atoms with Crippen molar-refractivity contribution in [3.05, 3.63) is 29.8 Å². The minimum Gasteiger partial charge on any atom is -0.340 e. The molecule has 0 heterocycles. The van der Waals surface area contributed by atoms with Crippen LogP contribution in [0.25, 0.3) is 0 Å². The van der Waals surface area contributed by atoms with E-state index in [0.29, 0.717) is 17.8 Å². The van der Waals surface area contributed by atoms with Crippen LogP contribution in [0.1, 0.15) is 17.3 Å². The molecular weight excluding hydrogens is 230 g/mol. The average Bonchev–Trinajstić information content (AvgIpc) is 2.34. The molecule has 0 aliphatic heterocycles. The molecule has 0 fully saturated rings. The van der Waals surface area contributed by atoms with Crippen LogP contribution in [-0.2, 0) is 4.79 Å². The molecule has 0 saturated heterocycles. The van der Waals surface area contributed by atoms with E-state index in [1.807, 2.05) is 7.05 Å². The highest BCUT2D eigenvalue weighted by Crippen LogP contribution is 2.12. The van der Waals surface area contributed by atoms with Crippen molar-refractivity contribution < 1.29 is 9.59 Å². The number of likely N-dealkylation sites (N-methyl/N-ethyl adjacent to an activating group) is 2. The molecule has 0 saturated carbocycles. The van der Waals surface area contributed by atoms with Gasteiger partial charge in [-0.05, 0) is 25.2 Å². The van der Waals surface area contributed by atoms with E-state index in [0.717, 1.165) is 6.54 Å². The number of hydrogen-bond acceptors (Lipinski definition) is 3. The van der Waals surface area contributed by atoms with Crippen molar-refractivity contribution in [3.8, 4) is 0 Å². The van der Waals surface area contributed by atoms with Crippen molar-refractivity contribution in [2.45, 2.75) is 6.92 Å². The standard InChI is InChI=1S/C13H19N3O2/c1-10(17)15-12-6-4-5-11(9-12)13(18)16(3)8-7-14-2/h4-6,9,14H,7-8H2,1-3H3,(H,15,17). The number of benzene rings is 1. The van der Waals surface area contributed by atoms with Gasteiger partial charge in [0, 0.05) is 38.3 Å². The van der Waals surface area contributed by atoms with Gasteiger partial charge in [0.2, 0.25) is 5.91 Å². The van der Waals surface area contributed by atoms with Crippen LogP contribution < -0.4 is 10.6 Å². The summed E-state index contributed by atoms with van der Waals surface area (Å²) in [7, 11) is 3.60. The van der Waals surface area contributed by atoms with Gasteiger partial charge >= 0.3 is 0 Å². The van der Waals surface area contributed by atoms with Crippen LogP contribution in [0.4, 0.5) is 5.69 Å². The molecule has 2 amide bonds. The average molecular weight is 249 g/mol. The van der Waals surface area contributed by atoms with E-state index in [-0.39, 0.29) is 11.8 Å². The van der Waals surface area contributed by atoms with Gasteiger partial charge in [-0.1, -0.05) is 6.07 Å². The van der Waals surface area contributed by atoms with Gasteiger partial charge < -0.3 is 15.5 Å². The fraction of sp³-hybridized carbons (Fsp3) is 0.385. The third-order valence-corrected chi connectivity index (χ3v) is 2.47. The minimum atomic E-state index is -0.150. The van der Waals surface area contributed by atoms with Gasteiger partial charge in [-0.2, -0.15) is 0 Å². The molecule has 1 aromatic carbocycles. The molecule has 2 N–H and O–H groups in total. The molecule has 0 atom stereocenters. The molecule has 5 nitrogen and oxygen atoms in total. The van der Waals surface area contributed by atoms with Crippen molar-refractivity contribution in [2.24, 2.45) is 0 Å². The Kier molecular flexibility index (Phi) is 5.32. The molecular formula is C13H19N3O2. The molecule has 0 aliphatic carbocycles. The Labute approximate surface area is 107 Å². The normalized spacial score (nSPS) is 9.94. The number of amides is 2. The summed E-state index contributed by atoms with van der Waals surface area (Å²) in [5, 5.41) is 5.65. The van der Waals surface area contributed by atoms with Gasteiger partial charge in [-0.25, -0.2) is 0 Å². The van der Waals surface area contributed by atoms with Gasteiger partial charge in [0.15, 0.2) is 0 Å². The summed E-state index contributed by atoms with van der Waals surface area (Å²) in [6.45, 7) is 2.82. The first-order valence-electron chi connectivity index (χ1n) is 5.82. The smallest absolute Gasteiger partial charge is 0.253 e. The highest BCUT2D eigenvalue weighted by Gasteiger charge is 2.11. The molecule has 5 heteroatoms. The van der Waals surface area contributed by atoms with Gasteiger partial charge in [0.25, 0.3) is 5.91 Å². The molecule has 18 heavy (non-hydrogen) atoms. The largest absolute Gasteiger partial charge is 0.340 e. The van der Waals surface area contributed by atoms with Gasteiger partial charge in [0.05, 0.1) is 0 Å². The summed E-state index contributed by atoms with van der Waals surface area (Å²) in [5.74, 6) is -0.208. The second-order valence-corrected chi connectivity index (χ2v) is 4.09. The molecule has 0 spiro atoms. The molecule has 1 rings (SSSR count). The lowest BCUT2D eigenvalue weighted by atomic mass is 10.1. The Balaban J connectivity index is 2.76. The molecule has 98 valence electrons. The predicted octanol–water partition coefficient (Wildman–Crippen LogP) is 0.936. The van der Waals surface area contributed by atoms with Crippen molar-refractivity contribution in [1.82, 2.24) is 10.2 Å². The highest BCUT2D eigenvalue weighted by molar-refractivity contribution is 5.96. The number of carbonyl (C=O) groups is 2. The fourth-order valence-electron chi connectivity index (χ4n) is 1.53. The summed E-state index contributed by atoms with van der Waals surface area (Å²) >= 11 is 0. The topological polar surface area (TPSA) is 61.4 Å². The van der Waals surface area contributed by atoms with Crippen molar-refractivity contribution >= 4 is 17.5 Å². The van der Waals surface area contributed by atoms with Gasteiger partial charge in [0.1, 0.15) is 0 Å². The van der Waals surface area contributed by atoms with Crippen LogP contribution in [0.5, 0.6) is 0 Å². The Morgan fingerprint density at radius 3 is 2.67 bits per heavy atom. The van der Waals surface area contributed by atoms with Crippen LogP contribution >= 0.6 is 0 Å². The van der Waals surface area contributed by atoms with Crippen LogP contribution in [-0.4, -0.2) is 43.9 Å². The van der Waals surface area contributed by atoms with Crippen molar-refractivity contribution in [1.29, 1.82) is 0 Å². The first kappa shape index (κ1) is 14.2. The lowest BCUT2D eigenvalue weighted by Crippen LogP contribution is -2.32. The first-order valence-corrected chi connectivity index (χ1v) is 5.82.